The Morgan fingerprint density at radius 2 is 2.00 bits per heavy atom. The Hall–Kier alpha value is -1.20. The second-order valence-electron chi connectivity index (χ2n) is 6.46. The van der Waals surface area contributed by atoms with Crippen LogP contribution >= 0.6 is 12.4 Å². The minimum Gasteiger partial charge on any atom is -0.349 e. The first-order valence-electron chi connectivity index (χ1n) is 8.46. The van der Waals surface area contributed by atoms with E-state index in [4.69, 9.17) is 0 Å². The average molecular weight is 361 g/mol. The van der Waals surface area contributed by atoms with E-state index in [9.17, 15) is 13.6 Å². The van der Waals surface area contributed by atoms with Crippen molar-refractivity contribution in [3.05, 3.63) is 35.4 Å². The molecule has 0 aliphatic carbocycles. The molecule has 1 heterocycles. The van der Waals surface area contributed by atoms with Gasteiger partial charge in [0.05, 0.1) is 6.04 Å². The van der Waals surface area contributed by atoms with Gasteiger partial charge in [0.25, 0.3) is 0 Å². The third-order valence-corrected chi connectivity index (χ3v) is 4.77. The molecule has 2 N–H and O–H groups in total. The van der Waals surface area contributed by atoms with Crippen molar-refractivity contribution < 1.29 is 13.6 Å². The molecule has 1 aliphatic heterocycles. The summed E-state index contributed by atoms with van der Waals surface area (Å²) in [5.74, 6) is -0.214. The van der Waals surface area contributed by atoms with Gasteiger partial charge in [0, 0.05) is 12.0 Å². The summed E-state index contributed by atoms with van der Waals surface area (Å²) in [6.45, 7) is 5.95. The van der Waals surface area contributed by atoms with Gasteiger partial charge in [0.1, 0.15) is 11.6 Å². The molecule has 6 heteroatoms. The normalized spacial score (nSPS) is 17.7. The molecule has 1 fully saturated rings. The summed E-state index contributed by atoms with van der Waals surface area (Å²) in [4.78, 5) is 12.3. The maximum absolute atomic E-state index is 13.9. The molecule has 0 saturated carbocycles. The van der Waals surface area contributed by atoms with E-state index in [1.54, 1.807) is 0 Å². The summed E-state index contributed by atoms with van der Waals surface area (Å²) < 4.78 is 27.2. The van der Waals surface area contributed by atoms with Crippen molar-refractivity contribution in [3.8, 4) is 0 Å². The molecule has 0 aromatic heterocycles. The predicted octanol–water partition coefficient (Wildman–Crippen LogP) is 3.98. The highest BCUT2D eigenvalue weighted by atomic mass is 35.5. The van der Waals surface area contributed by atoms with Crippen LogP contribution in [0, 0.1) is 23.5 Å². The minimum absolute atomic E-state index is 0. The van der Waals surface area contributed by atoms with Crippen LogP contribution in [-0.2, 0) is 4.79 Å². The van der Waals surface area contributed by atoms with Gasteiger partial charge in [-0.2, -0.15) is 0 Å². The van der Waals surface area contributed by atoms with Crippen LogP contribution < -0.4 is 10.6 Å². The third kappa shape index (κ3) is 5.71. The fraction of sp³-hybridized carbons (Fsp3) is 0.611. The van der Waals surface area contributed by atoms with Crippen LogP contribution in [-0.4, -0.2) is 19.0 Å². The maximum atomic E-state index is 13.9. The average Bonchev–Trinajstić information content (AvgIpc) is 2.55. The molecule has 1 amide bonds. The fourth-order valence-corrected chi connectivity index (χ4v) is 3.31. The molecule has 2 unspecified atom stereocenters. The number of rotatable bonds is 6. The monoisotopic (exact) mass is 360 g/mol. The lowest BCUT2D eigenvalue weighted by atomic mass is 9.84. The van der Waals surface area contributed by atoms with Crippen molar-refractivity contribution in [1.29, 1.82) is 0 Å². The van der Waals surface area contributed by atoms with Gasteiger partial charge in [-0.1, -0.05) is 13.8 Å². The number of carbonyl (C=O) groups excluding carboxylic acids is 1. The number of piperidine rings is 1. The fourth-order valence-electron chi connectivity index (χ4n) is 3.31. The Labute approximate surface area is 149 Å². The summed E-state index contributed by atoms with van der Waals surface area (Å²) in [7, 11) is 0. The maximum Gasteiger partial charge on any atom is 0.220 e. The molecule has 0 radical (unpaired) electrons. The minimum atomic E-state index is -0.489. The Balaban J connectivity index is 0.00000288. The molecule has 1 aliphatic rings. The van der Waals surface area contributed by atoms with Gasteiger partial charge in [0.15, 0.2) is 0 Å². The Morgan fingerprint density at radius 1 is 1.33 bits per heavy atom. The van der Waals surface area contributed by atoms with E-state index in [0.29, 0.717) is 24.7 Å². The van der Waals surface area contributed by atoms with Gasteiger partial charge in [-0.25, -0.2) is 8.78 Å². The Bertz CT molecular complexity index is 536. The Morgan fingerprint density at radius 3 is 2.62 bits per heavy atom. The van der Waals surface area contributed by atoms with Gasteiger partial charge < -0.3 is 10.6 Å². The van der Waals surface area contributed by atoms with Crippen LogP contribution in [0.1, 0.15) is 51.1 Å². The molecule has 3 nitrogen and oxygen atoms in total. The van der Waals surface area contributed by atoms with Crippen molar-refractivity contribution in [1.82, 2.24) is 10.6 Å². The topological polar surface area (TPSA) is 41.1 Å². The van der Waals surface area contributed by atoms with E-state index >= 15 is 0 Å². The second kappa shape index (κ2) is 9.94. The van der Waals surface area contributed by atoms with Crippen molar-refractivity contribution >= 4 is 18.3 Å². The first-order valence-corrected chi connectivity index (χ1v) is 8.46. The molecule has 0 bridgehead atoms. The highest BCUT2D eigenvalue weighted by molar-refractivity contribution is 5.85. The summed E-state index contributed by atoms with van der Waals surface area (Å²) in [6.07, 6.45) is 3.13. The van der Waals surface area contributed by atoms with Gasteiger partial charge in [-0.3, -0.25) is 4.79 Å². The molecule has 2 atom stereocenters. The predicted molar refractivity (Wildman–Crippen MR) is 94.2 cm³/mol. The lowest BCUT2D eigenvalue weighted by molar-refractivity contribution is -0.123. The van der Waals surface area contributed by atoms with Crippen LogP contribution in [0.25, 0.3) is 0 Å². The largest absolute Gasteiger partial charge is 0.349 e. The standard InChI is InChI=1S/C18H26F2N2O.ClH/c1-3-17(15-11-14(19)4-5-16(15)20)22-18(23)10-12(2)13-6-8-21-9-7-13;/h4-5,11-13,17,21H,3,6-10H2,1-2H3,(H,22,23);1H. The highest BCUT2D eigenvalue weighted by Crippen LogP contribution is 2.26. The number of halogens is 3. The molecular weight excluding hydrogens is 334 g/mol. The van der Waals surface area contributed by atoms with E-state index in [1.165, 1.54) is 6.07 Å². The first kappa shape index (κ1) is 20.8. The SMILES string of the molecule is CCC(NC(=O)CC(C)C1CCNCC1)c1cc(F)ccc1F.Cl. The van der Waals surface area contributed by atoms with Gasteiger partial charge in [0.2, 0.25) is 5.91 Å². The number of hydrogen-bond donors (Lipinski definition) is 2. The van der Waals surface area contributed by atoms with Crippen molar-refractivity contribution in [3.63, 3.8) is 0 Å². The number of nitrogens with one attached hydrogen (secondary N) is 2. The smallest absolute Gasteiger partial charge is 0.220 e. The molecule has 1 aromatic rings. The van der Waals surface area contributed by atoms with Crippen molar-refractivity contribution in [2.24, 2.45) is 11.8 Å². The Kier molecular flexibility index (Phi) is 8.63. The van der Waals surface area contributed by atoms with E-state index in [2.05, 4.69) is 17.6 Å². The number of benzene rings is 1. The summed E-state index contributed by atoms with van der Waals surface area (Å²) >= 11 is 0. The van der Waals surface area contributed by atoms with Crippen LogP contribution in [0.4, 0.5) is 8.78 Å². The first-order chi connectivity index (χ1) is 11.0. The molecule has 0 spiro atoms. The van der Waals surface area contributed by atoms with E-state index in [1.807, 2.05) is 6.92 Å². The molecule has 136 valence electrons. The van der Waals surface area contributed by atoms with Crippen LogP contribution in [0.5, 0.6) is 0 Å². The van der Waals surface area contributed by atoms with Gasteiger partial charge in [-0.15, -0.1) is 12.4 Å². The number of amides is 1. The number of carbonyl (C=O) groups is 1. The molecular formula is C18H27ClF2N2O. The quantitative estimate of drug-likeness (QED) is 0.805. The zero-order valence-corrected chi connectivity index (χ0v) is 15.1. The van der Waals surface area contributed by atoms with E-state index in [-0.39, 0.29) is 23.9 Å². The molecule has 1 aromatic carbocycles. The lowest BCUT2D eigenvalue weighted by Crippen LogP contribution is -2.34. The highest BCUT2D eigenvalue weighted by Gasteiger charge is 2.24. The van der Waals surface area contributed by atoms with Gasteiger partial charge >= 0.3 is 0 Å². The lowest BCUT2D eigenvalue weighted by Gasteiger charge is -2.28. The molecule has 24 heavy (non-hydrogen) atoms. The zero-order valence-electron chi connectivity index (χ0n) is 14.3. The third-order valence-electron chi connectivity index (χ3n) is 4.77. The van der Waals surface area contributed by atoms with Crippen LogP contribution in [0.3, 0.4) is 0 Å². The second-order valence-corrected chi connectivity index (χ2v) is 6.46. The van der Waals surface area contributed by atoms with E-state index < -0.39 is 17.7 Å². The van der Waals surface area contributed by atoms with Crippen molar-refractivity contribution in [2.75, 3.05) is 13.1 Å². The molecule has 1 saturated heterocycles. The van der Waals surface area contributed by atoms with Crippen LogP contribution in [0.15, 0.2) is 18.2 Å². The molecule has 2 rings (SSSR count). The van der Waals surface area contributed by atoms with Gasteiger partial charge in [-0.05, 0) is 62.4 Å². The zero-order chi connectivity index (χ0) is 16.8. The summed E-state index contributed by atoms with van der Waals surface area (Å²) in [6, 6.07) is 2.88. The van der Waals surface area contributed by atoms with E-state index in [0.717, 1.165) is 38.1 Å². The summed E-state index contributed by atoms with van der Waals surface area (Å²) in [5, 5.41) is 6.18. The van der Waals surface area contributed by atoms with Crippen LogP contribution in [0.2, 0.25) is 0 Å². The summed E-state index contributed by atoms with van der Waals surface area (Å²) in [5.41, 5.74) is 0.218. The number of hydrogen-bond acceptors (Lipinski definition) is 2. The van der Waals surface area contributed by atoms with Crippen molar-refractivity contribution in [2.45, 2.75) is 45.6 Å².